The number of likely N-dealkylation sites (N-methyl/N-ethyl adjacent to an activating group) is 1. The number of nitrogen functional groups attached to an aromatic ring is 1. The van der Waals surface area contributed by atoms with Crippen molar-refractivity contribution < 1.29 is 11.3 Å². The van der Waals surface area contributed by atoms with E-state index in [1.54, 1.807) is 19.3 Å². The molecule has 1 unspecified atom stereocenters. The van der Waals surface area contributed by atoms with Crippen molar-refractivity contribution in [3.8, 4) is 21.7 Å². The average Bonchev–Trinajstić information content (AvgIpc) is 3.36. The van der Waals surface area contributed by atoms with Crippen LogP contribution in [0.15, 0.2) is 48.9 Å². The number of hydrogen-bond acceptors (Lipinski definition) is 8. The van der Waals surface area contributed by atoms with Crippen molar-refractivity contribution in [3.63, 3.8) is 0 Å². The van der Waals surface area contributed by atoms with Crippen molar-refractivity contribution in [3.05, 3.63) is 53.9 Å². The molecule has 4 heterocycles. The maximum atomic E-state index is 12.4. The Labute approximate surface area is 177 Å². The molecule has 0 spiro atoms. The van der Waals surface area contributed by atoms with Gasteiger partial charge in [-0.2, -0.15) is 0 Å². The minimum Gasteiger partial charge on any atom is -0.382 e. The number of aliphatic hydroxyl groups is 1. The predicted octanol–water partition coefficient (Wildman–Crippen LogP) is 2.45. The van der Waals surface area contributed by atoms with Crippen molar-refractivity contribution >= 4 is 34.1 Å². The molecule has 3 aromatic heterocycles. The maximum absolute atomic E-state index is 12.4. The van der Waals surface area contributed by atoms with E-state index in [0.29, 0.717) is 34.7 Å². The molecule has 1 atom stereocenters. The minimum atomic E-state index is -1.55. The summed E-state index contributed by atoms with van der Waals surface area (Å²) >= 11 is 1.31. The summed E-state index contributed by atoms with van der Waals surface area (Å²) < 4.78 is 7.58. The molecule has 3 N–H and O–H groups in total. The number of rotatable bonds is 3. The zero-order chi connectivity index (χ0) is 21.8. The summed E-state index contributed by atoms with van der Waals surface area (Å²) in [6.45, 7) is 0.502. The molecular weight excluding hydrogens is 400 g/mol. The Bertz CT molecular complexity index is 1340. The summed E-state index contributed by atoms with van der Waals surface area (Å²) in [5, 5.41) is 11.3. The number of carbonyl (C=O) groups excluding carboxylic acids is 1. The molecular formula is C21H18N6O2S. The molecule has 1 saturated heterocycles. The normalized spacial score (nSPS) is 19.5. The monoisotopic (exact) mass is 419 g/mol. The van der Waals surface area contributed by atoms with Gasteiger partial charge >= 0.3 is 0 Å². The smallest absolute Gasteiger partial charge is 0.261 e. The summed E-state index contributed by atoms with van der Waals surface area (Å²) in [4.78, 5) is 31.6. The zero-order valence-corrected chi connectivity index (χ0v) is 16.8. The van der Waals surface area contributed by atoms with Crippen LogP contribution in [0.5, 0.6) is 0 Å². The fourth-order valence-electron chi connectivity index (χ4n) is 3.56. The van der Waals surface area contributed by atoms with E-state index in [1.165, 1.54) is 16.2 Å². The van der Waals surface area contributed by atoms with Crippen LogP contribution in [0.2, 0.25) is 0 Å². The second-order valence-electron chi connectivity index (χ2n) is 7.22. The average molecular weight is 419 g/mol. The van der Waals surface area contributed by atoms with E-state index in [-0.39, 0.29) is 18.0 Å². The molecule has 8 nitrogen and oxygen atoms in total. The van der Waals surface area contributed by atoms with Gasteiger partial charge in [-0.3, -0.25) is 4.79 Å². The molecule has 1 amide bonds. The molecule has 0 aliphatic carbocycles. The van der Waals surface area contributed by atoms with Gasteiger partial charge < -0.3 is 15.7 Å². The number of hydrogen-bond donors (Lipinski definition) is 2. The van der Waals surface area contributed by atoms with Crippen LogP contribution >= 0.6 is 11.3 Å². The summed E-state index contributed by atoms with van der Waals surface area (Å²) in [5.41, 5.74) is 7.79. The molecule has 30 heavy (non-hydrogen) atoms. The highest BCUT2D eigenvalue weighted by Gasteiger charge is 2.47. The highest BCUT2D eigenvalue weighted by Crippen LogP contribution is 2.38. The molecule has 0 radical (unpaired) electrons. The van der Waals surface area contributed by atoms with Crippen LogP contribution in [0, 0.1) is 0 Å². The van der Waals surface area contributed by atoms with Crippen molar-refractivity contribution in [1.82, 2.24) is 24.8 Å². The van der Waals surface area contributed by atoms with Gasteiger partial charge in [0.05, 0.1) is 16.1 Å². The van der Waals surface area contributed by atoms with E-state index in [4.69, 9.17) is 7.10 Å². The van der Waals surface area contributed by atoms with Crippen LogP contribution in [0.25, 0.3) is 32.7 Å². The third-order valence-electron chi connectivity index (χ3n) is 5.27. The summed E-state index contributed by atoms with van der Waals surface area (Å²) in [6, 6.07) is 11.3. The SMILES string of the molecule is [2H]c1nc(N)c2nc(-c3cccc(-c4cnc(C5(O)CCN(C)C5=O)s4)c3)ccc2n1. The first-order chi connectivity index (χ1) is 14.8. The largest absolute Gasteiger partial charge is 0.382 e. The van der Waals surface area contributed by atoms with E-state index < -0.39 is 5.60 Å². The minimum absolute atomic E-state index is 0.142. The third kappa shape index (κ3) is 2.90. The van der Waals surface area contributed by atoms with Crippen LogP contribution < -0.4 is 5.73 Å². The quantitative estimate of drug-likeness (QED) is 0.524. The molecule has 150 valence electrons. The number of aromatic nitrogens is 4. The highest BCUT2D eigenvalue weighted by molar-refractivity contribution is 7.15. The number of nitrogens with zero attached hydrogens (tertiary/aromatic N) is 5. The van der Waals surface area contributed by atoms with Gasteiger partial charge in [-0.25, -0.2) is 19.9 Å². The standard InChI is InChI=1S/C21H18N6O2S/c1-27-8-7-21(29,20(27)28)19-23-10-16(30-19)13-4-2-3-12(9-13)14-5-6-15-17(26-14)18(22)25-11-24-15/h2-6,9-11,29H,7-8H2,1H3,(H2,22,24,25)/i11D. The van der Waals surface area contributed by atoms with Gasteiger partial charge in [0.15, 0.2) is 11.4 Å². The number of thiazole rings is 1. The second-order valence-corrected chi connectivity index (χ2v) is 8.25. The number of likely N-dealkylation sites (tertiary alicyclic amines) is 1. The van der Waals surface area contributed by atoms with Gasteiger partial charge in [-0.05, 0) is 23.8 Å². The molecule has 1 fully saturated rings. The van der Waals surface area contributed by atoms with Crippen molar-refractivity contribution in [2.45, 2.75) is 12.0 Å². The van der Waals surface area contributed by atoms with Gasteiger partial charge in [0.2, 0.25) is 0 Å². The second kappa shape index (κ2) is 6.82. The summed E-state index contributed by atoms with van der Waals surface area (Å²) in [6.07, 6.45) is 1.87. The van der Waals surface area contributed by atoms with E-state index in [1.807, 2.05) is 30.3 Å². The molecule has 5 rings (SSSR count). The molecule has 0 bridgehead atoms. The van der Waals surface area contributed by atoms with E-state index in [2.05, 4.69) is 19.9 Å². The molecule has 1 aliphatic heterocycles. The number of amides is 1. The van der Waals surface area contributed by atoms with E-state index >= 15 is 0 Å². The third-order valence-corrected chi connectivity index (χ3v) is 6.47. The highest BCUT2D eigenvalue weighted by atomic mass is 32.1. The lowest BCUT2D eigenvalue weighted by molar-refractivity contribution is -0.143. The van der Waals surface area contributed by atoms with Gasteiger partial charge in [0.25, 0.3) is 5.91 Å². The number of benzene rings is 1. The number of fused-ring (bicyclic) bond motifs is 1. The lowest BCUT2D eigenvalue weighted by Crippen LogP contribution is -2.35. The topological polar surface area (TPSA) is 118 Å². The first-order valence-corrected chi connectivity index (χ1v) is 10.1. The van der Waals surface area contributed by atoms with Gasteiger partial charge in [0, 0.05) is 31.8 Å². The fraction of sp³-hybridized carbons (Fsp3) is 0.190. The first-order valence-electron chi connectivity index (χ1n) is 9.81. The summed E-state index contributed by atoms with van der Waals surface area (Å²) in [5.74, 6) is -0.155. The first kappa shape index (κ1) is 17.4. The number of carbonyl (C=O) groups is 1. The fourth-order valence-corrected chi connectivity index (χ4v) is 4.58. The lowest BCUT2D eigenvalue weighted by Gasteiger charge is -2.17. The lowest BCUT2D eigenvalue weighted by atomic mass is 10.0. The number of pyridine rings is 1. The Morgan fingerprint density at radius 2 is 2.07 bits per heavy atom. The van der Waals surface area contributed by atoms with E-state index in [9.17, 15) is 9.90 Å². The Kier molecular flexibility index (Phi) is 3.96. The molecule has 9 heteroatoms. The van der Waals surface area contributed by atoms with Gasteiger partial charge in [-0.15, -0.1) is 11.3 Å². The Balaban J connectivity index is 1.51. The molecule has 4 aromatic rings. The number of nitrogens with two attached hydrogens (primary N) is 1. The van der Waals surface area contributed by atoms with Gasteiger partial charge in [-0.1, -0.05) is 18.2 Å². The Morgan fingerprint density at radius 1 is 1.23 bits per heavy atom. The number of anilines is 1. The van der Waals surface area contributed by atoms with Crippen LogP contribution in [-0.4, -0.2) is 49.4 Å². The van der Waals surface area contributed by atoms with Crippen molar-refractivity contribution in [2.24, 2.45) is 0 Å². The van der Waals surface area contributed by atoms with Crippen LogP contribution in [0.3, 0.4) is 0 Å². The maximum Gasteiger partial charge on any atom is 0.261 e. The molecule has 1 aliphatic rings. The van der Waals surface area contributed by atoms with Gasteiger partial charge in [0.1, 0.15) is 18.2 Å². The Morgan fingerprint density at radius 3 is 2.87 bits per heavy atom. The molecule has 1 aromatic carbocycles. The van der Waals surface area contributed by atoms with Crippen LogP contribution in [0.1, 0.15) is 12.8 Å². The zero-order valence-electron chi connectivity index (χ0n) is 17.0. The summed E-state index contributed by atoms with van der Waals surface area (Å²) in [7, 11) is 1.68. The van der Waals surface area contributed by atoms with E-state index in [0.717, 1.165) is 16.0 Å². The van der Waals surface area contributed by atoms with Crippen LogP contribution in [0.4, 0.5) is 5.82 Å². The van der Waals surface area contributed by atoms with Crippen LogP contribution in [-0.2, 0) is 10.4 Å². The Hall–Kier alpha value is -3.43. The molecule has 0 saturated carbocycles. The predicted molar refractivity (Wildman–Crippen MR) is 114 cm³/mol. The van der Waals surface area contributed by atoms with Crippen molar-refractivity contribution in [1.29, 1.82) is 0 Å². The van der Waals surface area contributed by atoms with Crippen molar-refractivity contribution in [2.75, 3.05) is 19.3 Å².